The van der Waals surface area contributed by atoms with Gasteiger partial charge in [0, 0.05) is 18.7 Å². The number of hydrogen-bond acceptors (Lipinski definition) is 5. The van der Waals surface area contributed by atoms with Crippen LogP contribution in [-0.2, 0) is 9.53 Å². The van der Waals surface area contributed by atoms with Crippen molar-refractivity contribution in [2.75, 3.05) is 19.7 Å². The molecule has 7 heteroatoms. The Kier molecular flexibility index (Phi) is 5.41. The smallest absolute Gasteiger partial charge is 0.317 e. The zero-order valence-corrected chi connectivity index (χ0v) is 13.3. The van der Waals surface area contributed by atoms with Crippen LogP contribution in [0.1, 0.15) is 49.2 Å². The Morgan fingerprint density at radius 2 is 2.23 bits per heavy atom. The molecule has 1 aromatic heterocycles. The van der Waals surface area contributed by atoms with Crippen LogP contribution in [0.25, 0.3) is 0 Å². The van der Waals surface area contributed by atoms with Gasteiger partial charge in [0.25, 0.3) is 0 Å². The van der Waals surface area contributed by atoms with Crippen molar-refractivity contribution in [2.45, 2.75) is 46.1 Å². The molecule has 0 spiro atoms. The van der Waals surface area contributed by atoms with Gasteiger partial charge in [0.15, 0.2) is 0 Å². The predicted molar refractivity (Wildman–Crippen MR) is 79.3 cm³/mol. The molecule has 1 fully saturated rings. The van der Waals surface area contributed by atoms with Crippen molar-refractivity contribution < 1.29 is 18.8 Å². The van der Waals surface area contributed by atoms with Gasteiger partial charge in [0.1, 0.15) is 5.76 Å². The van der Waals surface area contributed by atoms with Crippen molar-refractivity contribution in [3.63, 3.8) is 0 Å². The average Bonchev–Trinajstić information content (AvgIpc) is 3.06. The predicted octanol–water partition coefficient (Wildman–Crippen LogP) is 2.09. The number of rotatable bonds is 5. The number of hydrogen-bond donors (Lipinski definition) is 1. The fourth-order valence-electron chi connectivity index (χ4n) is 2.88. The first kappa shape index (κ1) is 16.3. The lowest BCUT2D eigenvalue weighted by molar-refractivity contribution is -0.142. The molecule has 1 aromatic rings. The molecule has 0 radical (unpaired) electrons. The number of urea groups is 1. The van der Waals surface area contributed by atoms with Gasteiger partial charge in [-0.2, -0.15) is 0 Å². The van der Waals surface area contributed by atoms with Gasteiger partial charge in [-0.3, -0.25) is 4.79 Å². The molecule has 2 rings (SSSR count). The first-order valence-corrected chi connectivity index (χ1v) is 7.67. The Hall–Kier alpha value is -2.05. The number of esters is 1. The largest absolute Gasteiger partial charge is 0.466 e. The summed E-state index contributed by atoms with van der Waals surface area (Å²) in [6.45, 7) is 6.84. The first-order valence-electron chi connectivity index (χ1n) is 7.67. The van der Waals surface area contributed by atoms with Gasteiger partial charge in [-0.15, -0.1) is 0 Å². The minimum atomic E-state index is -0.300. The van der Waals surface area contributed by atoms with Gasteiger partial charge in [-0.25, -0.2) is 4.79 Å². The fourth-order valence-corrected chi connectivity index (χ4v) is 2.88. The summed E-state index contributed by atoms with van der Waals surface area (Å²) in [5, 5.41) is 6.75. The fraction of sp³-hybridized carbons (Fsp3) is 0.667. The maximum atomic E-state index is 12.3. The average molecular weight is 309 g/mol. The highest BCUT2D eigenvalue weighted by Crippen LogP contribution is 2.35. The molecule has 0 bridgehead atoms. The van der Waals surface area contributed by atoms with Gasteiger partial charge < -0.3 is 19.5 Å². The van der Waals surface area contributed by atoms with Crippen molar-refractivity contribution in [3.8, 4) is 0 Å². The summed E-state index contributed by atoms with van der Waals surface area (Å²) in [4.78, 5) is 25.4. The zero-order chi connectivity index (χ0) is 16.1. The van der Waals surface area contributed by atoms with Crippen LogP contribution in [0.4, 0.5) is 4.79 Å². The normalized spacial score (nSPS) is 17.6. The molecule has 22 heavy (non-hydrogen) atoms. The molecule has 122 valence electrons. The molecule has 2 heterocycles. The van der Waals surface area contributed by atoms with Crippen molar-refractivity contribution >= 4 is 12.0 Å². The highest BCUT2D eigenvalue weighted by molar-refractivity contribution is 5.76. The molecule has 2 amide bonds. The van der Waals surface area contributed by atoms with E-state index in [-0.39, 0.29) is 31.0 Å². The summed E-state index contributed by atoms with van der Waals surface area (Å²) in [6, 6.07) is -0.166. The van der Waals surface area contributed by atoms with Crippen molar-refractivity contribution in [3.05, 3.63) is 17.0 Å². The van der Waals surface area contributed by atoms with E-state index in [9.17, 15) is 9.59 Å². The van der Waals surface area contributed by atoms with Gasteiger partial charge in [-0.1, -0.05) is 5.16 Å². The standard InChI is InChI=1S/C15H23N3O4/c1-4-21-13(19)7-8-16-15(20)18-9-5-6-12(18)14-10(2)17-22-11(14)3/h12H,4-9H2,1-3H3,(H,16,20). The summed E-state index contributed by atoms with van der Waals surface area (Å²) < 4.78 is 10.0. The van der Waals surface area contributed by atoms with Gasteiger partial charge in [0.2, 0.25) is 0 Å². The Morgan fingerprint density at radius 1 is 1.45 bits per heavy atom. The SMILES string of the molecule is CCOC(=O)CCNC(=O)N1CCCC1c1c(C)noc1C. The highest BCUT2D eigenvalue weighted by atomic mass is 16.5. The topological polar surface area (TPSA) is 84.7 Å². The summed E-state index contributed by atoms with van der Waals surface area (Å²) in [7, 11) is 0. The number of amides is 2. The summed E-state index contributed by atoms with van der Waals surface area (Å²) in [5.41, 5.74) is 1.83. The number of nitrogens with zero attached hydrogens (tertiary/aromatic N) is 2. The molecule has 7 nitrogen and oxygen atoms in total. The first-order chi connectivity index (χ1) is 10.5. The molecule has 1 N–H and O–H groups in total. The van der Waals surface area contributed by atoms with E-state index in [1.807, 2.05) is 13.8 Å². The molecule has 1 aliphatic rings. The Balaban J connectivity index is 1.93. The van der Waals surface area contributed by atoms with Gasteiger partial charge in [-0.05, 0) is 33.6 Å². The van der Waals surface area contributed by atoms with Crippen LogP contribution in [0.15, 0.2) is 4.52 Å². The van der Waals surface area contributed by atoms with E-state index < -0.39 is 0 Å². The van der Waals surface area contributed by atoms with E-state index in [0.717, 1.165) is 29.9 Å². The third-order valence-corrected chi connectivity index (χ3v) is 3.85. The second-order valence-electron chi connectivity index (χ2n) is 5.38. The third kappa shape index (κ3) is 3.58. The van der Waals surface area contributed by atoms with Crippen molar-refractivity contribution in [1.29, 1.82) is 0 Å². The minimum absolute atomic E-state index is 0.00570. The number of ether oxygens (including phenoxy) is 1. The van der Waals surface area contributed by atoms with Crippen LogP contribution in [0.5, 0.6) is 0 Å². The molecule has 1 atom stereocenters. The van der Waals surface area contributed by atoms with Crippen LogP contribution >= 0.6 is 0 Å². The van der Waals surface area contributed by atoms with Crippen LogP contribution in [0.2, 0.25) is 0 Å². The Morgan fingerprint density at radius 3 is 2.86 bits per heavy atom. The lowest BCUT2D eigenvalue weighted by atomic mass is 10.0. The molecule has 1 unspecified atom stereocenters. The van der Waals surface area contributed by atoms with Crippen LogP contribution in [0, 0.1) is 13.8 Å². The molecule has 1 aliphatic heterocycles. The lowest BCUT2D eigenvalue weighted by Crippen LogP contribution is -2.40. The van der Waals surface area contributed by atoms with E-state index in [0.29, 0.717) is 13.2 Å². The second-order valence-corrected chi connectivity index (χ2v) is 5.38. The van der Waals surface area contributed by atoms with Gasteiger partial charge in [0.05, 0.1) is 24.8 Å². The number of aromatic nitrogens is 1. The molecule has 0 aromatic carbocycles. The Bertz CT molecular complexity index is 521. The van der Waals surface area contributed by atoms with Crippen molar-refractivity contribution in [2.24, 2.45) is 0 Å². The Labute approximate surface area is 130 Å². The maximum Gasteiger partial charge on any atom is 0.317 e. The van der Waals surface area contributed by atoms with Gasteiger partial charge >= 0.3 is 12.0 Å². The summed E-state index contributed by atoms with van der Waals surface area (Å²) in [5.74, 6) is 0.459. The van der Waals surface area contributed by atoms with E-state index in [4.69, 9.17) is 9.26 Å². The molecular formula is C15H23N3O4. The summed E-state index contributed by atoms with van der Waals surface area (Å²) >= 11 is 0. The number of likely N-dealkylation sites (tertiary alicyclic amines) is 1. The monoisotopic (exact) mass is 309 g/mol. The second kappa shape index (κ2) is 7.29. The van der Waals surface area contributed by atoms with Crippen LogP contribution < -0.4 is 5.32 Å². The van der Waals surface area contributed by atoms with E-state index >= 15 is 0 Å². The maximum absolute atomic E-state index is 12.3. The number of nitrogens with one attached hydrogen (secondary N) is 1. The third-order valence-electron chi connectivity index (χ3n) is 3.85. The highest BCUT2D eigenvalue weighted by Gasteiger charge is 2.33. The number of aryl methyl sites for hydroxylation is 2. The number of carbonyl (C=O) groups excluding carboxylic acids is 2. The molecule has 0 saturated carbocycles. The van der Waals surface area contributed by atoms with E-state index in [1.54, 1.807) is 11.8 Å². The minimum Gasteiger partial charge on any atom is -0.466 e. The van der Waals surface area contributed by atoms with E-state index in [2.05, 4.69) is 10.5 Å². The molecule has 0 aliphatic carbocycles. The molecular weight excluding hydrogens is 286 g/mol. The van der Waals surface area contributed by atoms with Crippen LogP contribution in [0.3, 0.4) is 0 Å². The van der Waals surface area contributed by atoms with Crippen LogP contribution in [-0.4, -0.2) is 41.8 Å². The summed E-state index contributed by atoms with van der Waals surface area (Å²) in [6.07, 6.45) is 2.03. The molecule has 1 saturated heterocycles. The van der Waals surface area contributed by atoms with E-state index in [1.165, 1.54) is 0 Å². The number of carbonyl (C=O) groups is 2. The van der Waals surface area contributed by atoms with Crippen molar-refractivity contribution in [1.82, 2.24) is 15.4 Å². The zero-order valence-electron chi connectivity index (χ0n) is 13.3. The lowest BCUT2D eigenvalue weighted by Gasteiger charge is -2.25. The quantitative estimate of drug-likeness (QED) is 0.842.